The molecule has 1 N–H and O–H groups in total. The van der Waals surface area contributed by atoms with E-state index in [1.54, 1.807) is 7.11 Å². The molecule has 2 fully saturated rings. The Kier molecular flexibility index (Phi) is 5.42. The first-order valence-corrected chi connectivity index (χ1v) is 8.95. The number of nitrogens with zero attached hydrogens (tertiary/aromatic N) is 1. The summed E-state index contributed by atoms with van der Waals surface area (Å²) < 4.78 is 5.31. The molecule has 0 spiro atoms. The molecule has 1 aromatic rings. The van der Waals surface area contributed by atoms with Gasteiger partial charge in [-0.2, -0.15) is 0 Å². The van der Waals surface area contributed by atoms with Crippen molar-refractivity contribution in [3.05, 3.63) is 24.3 Å². The van der Waals surface area contributed by atoms with Gasteiger partial charge < -0.3 is 15.0 Å². The number of amides is 1. The van der Waals surface area contributed by atoms with Gasteiger partial charge >= 0.3 is 0 Å². The maximum absolute atomic E-state index is 12.6. The van der Waals surface area contributed by atoms with Gasteiger partial charge in [0, 0.05) is 30.9 Å². The number of anilines is 1. The summed E-state index contributed by atoms with van der Waals surface area (Å²) in [4.78, 5) is 14.9. The number of hydrogen-bond donors (Lipinski definition) is 1. The molecule has 1 unspecified atom stereocenters. The Hall–Kier alpha value is -1.71. The highest BCUT2D eigenvalue weighted by atomic mass is 16.5. The number of ether oxygens (including phenoxy) is 1. The summed E-state index contributed by atoms with van der Waals surface area (Å²) in [5, 5.41) is 3.29. The molecule has 3 rings (SSSR count). The Labute approximate surface area is 139 Å². The second-order valence-corrected chi connectivity index (χ2v) is 6.83. The van der Waals surface area contributed by atoms with Gasteiger partial charge in [0.05, 0.1) is 13.0 Å². The molecule has 23 heavy (non-hydrogen) atoms. The second-order valence-electron chi connectivity index (χ2n) is 6.83. The number of carbonyl (C=O) groups is 1. The Morgan fingerprint density at radius 3 is 2.78 bits per heavy atom. The van der Waals surface area contributed by atoms with Crippen LogP contribution >= 0.6 is 0 Å². The summed E-state index contributed by atoms with van der Waals surface area (Å²) in [5.74, 6) is 1.23. The van der Waals surface area contributed by atoms with Gasteiger partial charge in [-0.3, -0.25) is 4.79 Å². The van der Waals surface area contributed by atoms with Crippen molar-refractivity contribution in [2.24, 2.45) is 5.92 Å². The molecular weight excluding hydrogens is 288 g/mol. The molecule has 4 nitrogen and oxygen atoms in total. The molecule has 1 heterocycles. The summed E-state index contributed by atoms with van der Waals surface area (Å²) in [6, 6.07) is 8.54. The number of nitrogens with one attached hydrogen (secondary N) is 1. The molecule has 1 amide bonds. The highest BCUT2D eigenvalue weighted by Crippen LogP contribution is 2.27. The fourth-order valence-electron chi connectivity index (χ4n) is 3.80. The fraction of sp³-hybridized carbons (Fsp3) is 0.632. The maximum Gasteiger partial charge on any atom is 0.225 e. The number of benzene rings is 1. The molecule has 1 aromatic carbocycles. The molecule has 1 saturated carbocycles. The van der Waals surface area contributed by atoms with E-state index in [0.29, 0.717) is 6.04 Å². The van der Waals surface area contributed by atoms with E-state index in [-0.39, 0.29) is 11.8 Å². The first-order valence-electron chi connectivity index (χ1n) is 8.95. The first-order chi connectivity index (χ1) is 11.3. The van der Waals surface area contributed by atoms with Crippen molar-refractivity contribution in [2.45, 2.75) is 51.0 Å². The number of methoxy groups -OCH3 is 1. The summed E-state index contributed by atoms with van der Waals surface area (Å²) >= 11 is 0. The van der Waals surface area contributed by atoms with E-state index in [4.69, 9.17) is 4.74 Å². The van der Waals surface area contributed by atoms with Crippen LogP contribution in [0.2, 0.25) is 0 Å². The molecule has 2 aliphatic rings. The molecule has 1 aliphatic carbocycles. The van der Waals surface area contributed by atoms with Crippen molar-refractivity contribution in [1.29, 1.82) is 0 Å². The lowest BCUT2D eigenvalue weighted by atomic mass is 9.93. The van der Waals surface area contributed by atoms with Crippen LogP contribution in [0.15, 0.2) is 24.3 Å². The van der Waals surface area contributed by atoms with Crippen LogP contribution in [0.5, 0.6) is 5.75 Å². The maximum atomic E-state index is 12.6. The lowest BCUT2D eigenvalue weighted by Gasteiger charge is -2.35. The van der Waals surface area contributed by atoms with Crippen LogP contribution in [0.25, 0.3) is 0 Å². The van der Waals surface area contributed by atoms with E-state index in [2.05, 4.69) is 22.3 Å². The minimum absolute atomic E-state index is 0.108. The van der Waals surface area contributed by atoms with Gasteiger partial charge in [0.15, 0.2) is 0 Å². The molecule has 0 aromatic heterocycles. The molecule has 0 radical (unpaired) electrons. The molecule has 4 heteroatoms. The Balaban J connectivity index is 1.59. The highest BCUT2D eigenvalue weighted by Gasteiger charge is 2.27. The quantitative estimate of drug-likeness (QED) is 0.926. The van der Waals surface area contributed by atoms with Gasteiger partial charge in [-0.05, 0) is 37.8 Å². The molecular formula is C19H28N2O2. The minimum Gasteiger partial charge on any atom is -0.497 e. The average molecular weight is 316 g/mol. The zero-order chi connectivity index (χ0) is 16.1. The second kappa shape index (κ2) is 7.71. The van der Waals surface area contributed by atoms with Crippen LogP contribution in [0.4, 0.5) is 5.69 Å². The van der Waals surface area contributed by atoms with Crippen LogP contribution in [0.3, 0.4) is 0 Å². The average Bonchev–Trinajstić information content (AvgIpc) is 2.63. The van der Waals surface area contributed by atoms with Gasteiger partial charge in [-0.1, -0.05) is 25.3 Å². The zero-order valence-corrected chi connectivity index (χ0v) is 14.1. The van der Waals surface area contributed by atoms with Crippen molar-refractivity contribution in [1.82, 2.24) is 5.32 Å². The number of carbonyl (C=O) groups excluding carboxylic acids is 1. The van der Waals surface area contributed by atoms with Crippen molar-refractivity contribution in [3.63, 3.8) is 0 Å². The summed E-state index contributed by atoms with van der Waals surface area (Å²) in [6.45, 7) is 1.83. The summed E-state index contributed by atoms with van der Waals surface area (Å²) in [5.41, 5.74) is 1.15. The highest BCUT2D eigenvalue weighted by molar-refractivity contribution is 5.80. The van der Waals surface area contributed by atoms with Crippen LogP contribution in [-0.4, -0.2) is 32.1 Å². The number of rotatable bonds is 4. The predicted molar refractivity (Wildman–Crippen MR) is 92.9 cm³/mol. The van der Waals surface area contributed by atoms with E-state index in [9.17, 15) is 4.79 Å². The third kappa shape index (κ3) is 4.18. The van der Waals surface area contributed by atoms with Crippen LogP contribution < -0.4 is 15.0 Å². The SMILES string of the molecule is COc1cccc(N2CCCC(C(=O)NC3CCCCC3)C2)c1. The normalized spacial score (nSPS) is 22.7. The molecule has 0 bridgehead atoms. The first kappa shape index (κ1) is 16.2. The minimum atomic E-state index is 0.108. The standard InChI is InChI=1S/C19H28N2O2/c1-23-18-11-5-10-17(13-18)21-12-6-7-15(14-21)19(22)20-16-8-3-2-4-9-16/h5,10-11,13,15-16H,2-4,6-9,12,14H2,1H3,(H,20,22). The monoisotopic (exact) mass is 316 g/mol. The topological polar surface area (TPSA) is 41.6 Å². The van der Waals surface area contributed by atoms with E-state index in [1.165, 1.54) is 19.3 Å². The van der Waals surface area contributed by atoms with Crippen molar-refractivity contribution >= 4 is 11.6 Å². The lowest BCUT2D eigenvalue weighted by molar-refractivity contribution is -0.126. The van der Waals surface area contributed by atoms with Crippen LogP contribution in [0, 0.1) is 5.92 Å². The van der Waals surface area contributed by atoms with Gasteiger partial charge in [0.2, 0.25) is 5.91 Å². The lowest BCUT2D eigenvalue weighted by Crippen LogP contribution is -2.46. The van der Waals surface area contributed by atoms with Crippen molar-refractivity contribution in [2.75, 3.05) is 25.1 Å². The summed E-state index contributed by atoms with van der Waals surface area (Å²) in [6.07, 6.45) is 8.20. The Bertz CT molecular complexity index is 526. The summed E-state index contributed by atoms with van der Waals surface area (Å²) in [7, 11) is 1.69. The van der Waals surface area contributed by atoms with Gasteiger partial charge in [0.25, 0.3) is 0 Å². The van der Waals surface area contributed by atoms with Crippen molar-refractivity contribution < 1.29 is 9.53 Å². The van der Waals surface area contributed by atoms with E-state index in [1.807, 2.05) is 12.1 Å². The zero-order valence-electron chi connectivity index (χ0n) is 14.1. The van der Waals surface area contributed by atoms with Gasteiger partial charge in [-0.25, -0.2) is 0 Å². The third-order valence-electron chi connectivity index (χ3n) is 5.16. The fourth-order valence-corrected chi connectivity index (χ4v) is 3.80. The molecule has 1 saturated heterocycles. The van der Waals surface area contributed by atoms with Gasteiger partial charge in [0.1, 0.15) is 5.75 Å². The number of hydrogen-bond acceptors (Lipinski definition) is 3. The smallest absolute Gasteiger partial charge is 0.225 e. The molecule has 1 atom stereocenters. The Morgan fingerprint density at radius 2 is 2.00 bits per heavy atom. The predicted octanol–water partition coefficient (Wildman–Crippen LogP) is 3.36. The van der Waals surface area contributed by atoms with Crippen LogP contribution in [0.1, 0.15) is 44.9 Å². The third-order valence-corrected chi connectivity index (χ3v) is 5.16. The van der Waals surface area contributed by atoms with E-state index >= 15 is 0 Å². The number of piperidine rings is 1. The Morgan fingerprint density at radius 1 is 1.17 bits per heavy atom. The largest absolute Gasteiger partial charge is 0.497 e. The van der Waals surface area contributed by atoms with Crippen molar-refractivity contribution in [3.8, 4) is 5.75 Å². The molecule has 126 valence electrons. The van der Waals surface area contributed by atoms with E-state index in [0.717, 1.165) is 50.2 Å². The molecule has 1 aliphatic heterocycles. The van der Waals surface area contributed by atoms with E-state index < -0.39 is 0 Å². The van der Waals surface area contributed by atoms with Crippen LogP contribution in [-0.2, 0) is 4.79 Å². The van der Waals surface area contributed by atoms with Gasteiger partial charge in [-0.15, -0.1) is 0 Å².